The lowest BCUT2D eigenvalue weighted by molar-refractivity contribution is 0.144. The van der Waals surface area contributed by atoms with E-state index in [4.69, 9.17) is 9.84 Å². The SMILES string of the molecule is COc1ccc(S(=O)(=O)c2ccc(OC(=O)O)cc2)cc1. The Labute approximate surface area is 121 Å². The zero-order valence-corrected chi connectivity index (χ0v) is 11.8. The Bertz CT molecular complexity index is 732. The van der Waals surface area contributed by atoms with Gasteiger partial charge in [-0.15, -0.1) is 0 Å². The Kier molecular flexibility index (Phi) is 4.13. The summed E-state index contributed by atoms with van der Waals surface area (Å²) < 4.78 is 34.1. The van der Waals surface area contributed by atoms with Gasteiger partial charge >= 0.3 is 6.16 Å². The number of ether oxygens (including phenoxy) is 2. The fourth-order valence-corrected chi connectivity index (χ4v) is 2.94. The predicted octanol–water partition coefficient (Wildman–Crippen LogP) is 2.58. The van der Waals surface area contributed by atoms with Gasteiger partial charge < -0.3 is 14.6 Å². The minimum absolute atomic E-state index is 0.0467. The van der Waals surface area contributed by atoms with Crippen molar-refractivity contribution >= 4 is 16.0 Å². The van der Waals surface area contributed by atoms with E-state index < -0.39 is 16.0 Å². The van der Waals surface area contributed by atoms with Gasteiger partial charge in [-0.05, 0) is 48.5 Å². The molecule has 0 heterocycles. The van der Waals surface area contributed by atoms with Gasteiger partial charge in [-0.1, -0.05) is 0 Å². The van der Waals surface area contributed by atoms with Gasteiger partial charge in [0, 0.05) is 0 Å². The molecule has 0 saturated carbocycles. The third-order valence-electron chi connectivity index (χ3n) is 2.71. The van der Waals surface area contributed by atoms with Crippen molar-refractivity contribution in [1.29, 1.82) is 0 Å². The van der Waals surface area contributed by atoms with Gasteiger partial charge in [0.25, 0.3) is 0 Å². The first-order valence-corrected chi connectivity index (χ1v) is 7.32. The van der Waals surface area contributed by atoms with Crippen LogP contribution in [0.5, 0.6) is 11.5 Å². The predicted molar refractivity (Wildman–Crippen MR) is 73.5 cm³/mol. The summed E-state index contributed by atoms with van der Waals surface area (Å²) in [4.78, 5) is 10.5. The first-order chi connectivity index (χ1) is 9.93. The number of carboxylic acid groups (broad SMARTS) is 1. The van der Waals surface area contributed by atoms with Gasteiger partial charge in [0.05, 0.1) is 16.9 Å². The molecule has 2 aromatic rings. The largest absolute Gasteiger partial charge is 0.511 e. The number of sulfone groups is 1. The van der Waals surface area contributed by atoms with Crippen molar-refractivity contribution in [2.45, 2.75) is 9.79 Å². The highest BCUT2D eigenvalue weighted by molar-refractivity contribution is 7.91. The average molecular weight is 308 g/mol. The van der Waals surface area contributed by atoms with Crippen LogP contribution in [0.2, 0.25) is 0 Å². The Hall–Kier alpha value is -2.54. The minimum Gasteiger partial charge on any atom is -0.497 e. The van der Waals surface area contributed by atoms with E-state index in [0.29, 0.717) is 5.75 Å². The molecule has 0 spiro atoms. The van der Waals surface area contributed by atoms with Crippen LogP contribution in [0.15, 0.2) is 58.3 Å². The lowest BCUT2D eigenvalue weighted by Crippen LogP contribution is -2.04. The van der Waals surface area contributed by atoms with Gasteiger partial charge in [-0.25, -0.2) is 13.2 Å². The van der Waals surface area contributed by atoms with Crippen LogP contribution in [0.4, 0.5) is 4.79 Å². The van der Waals surface area contributed by atoms with Crippen LogP contribution in [0.25, 0.3) is 0 Å². The molecule has 0 saturated heterocycles. The van der Waals surface area contributed by atoms with Crippen LogP contribution in [-0.2, 0) is 9.84 Å². The molecule has 1 N–H and O–H groups in total. The Morgan fingerprint density at radius 2 is 1.33 bits per heavy atom. The van der Waals surface area contributed by atoms with Gasteiger partial charge in [-0.3, -0.25) is 0 Å². The Morgan fingerprint density at radius 3 is 1.71 bits per heavy atom. The molecule has 0 bridgehead atoms. The number of hydrogen-bond acceptors (Lipinski definition) is 5. The molecule has 0 atom stereocenters. The number of methoxy groups -OCH3 is 1. The maximum atomic E-state index is 12.4. The first kappa shape index (κ1) is 14.9. The molecule has 0 unspecified atom stereocenters. The monoisotopic (exact) mass is 308 g/mol. The summed E-state index contributed by atoms with van der Waals surface area (Å²) in [6, 6.07) is 11.1. The molecule has 0 aliphatic carbocycles. The molecule has 110 valence electrons. The van der Waals surface area contributed by atoms with E-state index in [9.17, 15) is 13.2 Å². The van der Waals surface area contributed by atoms with Crippen LogP contribution in [0, 0.1) is 0 Å². The van der Waals surface area contributed by atoms with Crippen LogP contribution in [0.3, 0.4) is 0 Å². The molecule has 7 heteroatoms. The number of carbonyl (C=O) groups is 1. The molecular weight excluding hydrogens is 296 g/mol. The smallest absolute Gasteiger partial charge is 0.497 e. The summed E-state index contributed by atoms with van der Waals surface area (Å²) in [5, 5.41) is 8.47. The molecule has 0 aliphatic heterocycles. The first-order valence-electron chi connectivity index (χ1n) is 5.83. The summed E-state index contributed by atoms with van der Waals surface area (Å²) in [7, 11) is -2.18. The van der Waals surface area contributed by atoms with E-state index in [1.165, 1.54) is 43.5 Å². The van der Waals surface area contributed by atoms with Crippen molar-refractivity contribution in [3.05, 3.63) is 48.5 Å². The molecule has 0 amide bonds. The highest BCUT2D eigenvalue weighted by atomic mass is 32.2. The minimum atomic E-state index is -3.67. The molecule has 0 fully saturated rings. The highest BCUT2D eigenvalue weighted by Crippen LogP contribution is 2.24. The van der Waals surface area contributed by atoms with E-state index >= 15 is 0 Å². The second kappa shape index (κ2) is 5.84. The van der Waals surface area contributed by atoms with E-state index in [-0.39, 0.29) is 15.5 Å². The highest BCUT2D eigenvalue weighted by Gasteiger charge is 2.17. The van der Waals surface area contributed by atoms with Crippen molar-refractivity contribution in [1.82, 2.24) is 0 Å². The van der Waals surface area contributed by atoms with Crippen LogP contribution >= 0.6 is 0 Å². The molecule has 21 heavy (non-hydrogen) atoms. The standard InChI is InChI=1S/C14H12O6S/c1-19-10-2-6-12(7-3-10)21(17,18)13-8-4-11(5-9-13)20-14(15)16/h2-9H,1H3,(H,15,16). The van der Waals surface area contributed by atoms with Crippen molar-refractivity contribution in [2.24, 2.45) is 0 Å². The van der Waals surface area contributed by atoms with Crippen LogP contribution < -0.4 is 9.47 Å². The van der Waals surface area contributed by atoms with E-state index in [0.717, 1.165) is 0 Å². The number of rotatable bonds is 4. The van der Waals surface area contributed by atoms with Gasteiger partial charge in [0.15, 0.2) is 0 Å². The molecule has 6 nitrogen and oxygen atoms in total. The van der Waals surface area contributed by atoms with Crippen LogP contribution in [0.1, 0.15) is 0 Å². The van der Waals surface area contributed by atoms with Crippen molar-refractivity contribution in [3.8, 4) is 11.5 Å². The molecule has 0 radical (unpaired) electrons. The van der Waals surface area contributed by atoms with Crippen molar-refractivity contribution in [3.63, 3.8) is 0 Å². The van der Waals surface area contributed by atoms with E-state index in [1.807, 2.05) is 0 Å². The van der Waals surface area contributed by atoms with Gasteiger partial charge in [0.1, 0.15) is 11.5 Å². The zero-order valence-electron chi connectivity index (χ0n) is 11.0. The zero-order chi connectivity index (χ0) is 15.5. The fraction of sp³-hybridized carbons (Fsp3) is 0.0714. The third-order valence-corrected chi connectivity index (χ3v) is 4.49. The Morgan fingerprint density at radius 1 is 0.905 bits per heavy atom. The average Bonchev–Trinajstić information content (AvgIpc) is 2.47. The van der Waals surface area contributed by atoms with Crippen molar-refractivity contribution < 1.29 is 27.8 Å². The molecular formula is C14H12O6S. The summed E-state index contributed by atoms with van der Waals surface area (Å²) >= 11 is 0. The van der Waals surface area contributed by atoms with Gasteiger partial charge in [-0.2, -0.15) is 0 Å². The number of hydrogen-bond donors (Lipinski definition) is 1. The topological polar surface area (TPSA) is 89.9 Å². The van der Waals surface area contributed by atoms with Crippen molar-refractivity contribution in [2.75, 3.05) is 7.11 Å². The molecule has 0 aromatic heterocycles. The normalized spacial score (nSPS) is 10.9. The second-order valence-corrected chi connectivity index (χ2v) is 5.97. The second-order valence-electron chi connectivity index (χ2n) is 4.02. The van der Waals surface area contributed by atoms with E-state index in [1.54, 1.807) is 12.1 Å². The quantitative estimate of drug-likeness (QED) is 0.689. The lowest BCUT2D eigenvalue weighted by Gasteiger charge is -2.06. The summed E-state index contributed by atoms with van der Waals surface area (Å²) in [6.45, 7) is 0. The Balaban J connectivity index is 2.32. The third kappa shape index (κ3) is 3.32. The fourth-order valence-electron chi connectivity index (χ4n) is 1.68. The number of benzene rings is 2. The summed E-state index contributed by atoms with van der Waals surface area (Å²) in [5.41, 5.74) is 0. The summed E-state index contributed by atoms with van der Waals surface area (Å²) in [5.74, 6) is 0.607. The maximum Gasteiger partial charge on any atom is 0.511 e. The van der Waals surface area contributed by atoms with Gasteiger partial charge in [0.2, 0.25) is 9.84 Å². The van der Waals surface area contributed by atoms with Crippen LogP contribution in [-0.4, -0.2) is 26.8 Å². The molecule has 2 aromatic carbocycles. The van der Waals surface area contributed by atoms with E-state index in [2.05, 4.69) is 4.74 Å². The molecule has 2 rings (SSSR count). The summed E-state index contributed by atoms with van der Waals surface area (Å²) in [6.07, 6.45) is -1.46. The molecule has 0 aliphatic rings. The lowest BCUT2D eigenvalue weighted by atomic mass is 10.3. The maximum absolute atomic E-state index is 12.4.